The van der Waals surface area contributed by atoms with Gasteiger partial charge in [-0.1, -0.05) is 18.5 Å². The van der Waals surface area contributed by atoms with E-state index < -0.39 is 14.9 Å². The Hall–Kier alpha value is -1.38. The molecule has 0 fully saturated rings. The fourth-order valence-electron chi connectivity index (χ4n) is 1.57. The summed E-state index contributed by atoms with van der Waals surface area (Å²) in [7, 11) is -3.61. The molecule has 9 heteroatoms. The highest BCUT2D eigenvalue weighted by Crippen LogP contribution is 2.30. The first kappa shape index (κ1) is 16.7. The van der Waals surface area contributed by atoms with Gasteiger partial charge >= 0.3 is 5.69 Å². The first-order chi connectivity index (χ1) is 9.23. The quantitative estimate of drug-likeness (QED) is 0.609. The molecule has 0 bridgehead atoms. The second kappa shape index (κ2) is 6.87. The molecule has 0 spiro atoms. The Bertz CT molecular complexity index is 590. The molecule has 2 N–H and O–H groups in total. The summed E-state index contributed by atoms with van der Waals surface area (Å²) >= 11 is 5.76. The molecule has 0 aliphatic rings. The number of ether oxygens (including phenoxy) is 1. The number of nitrogens with zero attached hydrogens (tertiary/aromatic N) is 1. The SMILES string of the molecule is CCC(COc1cc(Cl)ccc1[N+](=O)[O-])CS(N)(=O)=O. The van der Waals surface area contributed by atoms with Crippen molar-refractivity contribution in [3.63, 3.8) is 0 Å². The van der Waals surface area contributed by atoms with Gasteiger partial charge in [0.2, 0.25) is 10.0 Å². The Kier molecular flexibility index (Phi) is 5.73. The van der Waals surface area contributed by atoms with Crippen molar-refractivity contribution in [3.8, 4) is 5.75 Å². The molecule has 0 saturated heterocycles. The molecule has 112 valence electrons. The molecule has 0 amide bonds. The summed E-state index contributed by atoms with van der Waals surface area (Å²) in [5, 5.41) is 16.1. The number of halogens is 1. The Labute approximate surface area is 121 Å². The smallest absolute Gasteiger partial charge is 0.311 e. The number of nitro groups is 1. The summed E-state index contributed by atoms with van der Waals surface area (Å²) in [5.41, 5.74) is -0.222. The van der Waals surface area contributed by atoms with E-state index >= 15 is 0 Å². The third-order valence-corrected chi connectivity index (χ3v) is 3.81. The third kappa shape index (κ3) is 5.32. The standard InChI is InChI=1S/C11H15ClN2O5S/c1-2-8(7-20(13,17)18)6-19-11-5-9(12)3-4-10(11)14(15)16/h3-5,8H,2,6-7H2,1H3,(H2,13,17,18). The minimum atomic E-state index is -3.61. The van der Waals surface area contributed by atoms with E-state index in [4.69, 9.17) is 21.5 Å². The van der Waals surface area contributed by atoms with Gasteiger partial charge < -0.3 is 4.74 Å². The summed E-state index contributed by atoms with van der Waals surface area (Å²) in [6.45, 7) is 1.79. The topological polar surface area (TPSA) is 113 Å². The highest BCUT2D eigenvalue weighted by molar-refractivity contribution is 7.89. The predicted octanol–water partition coefficient (Wildman–Crippen LogP) is 1.94. The van der Waals surface area contributed by atoms with Crippen LogP contribution in [0, 0.1) is 16.0 Å². The highest BCUT2D eigenvalue weighted by Gasteiger charge is 2.19. The number of nitro benzene ring substituents is 1. The summed E-state index contributed by atoms with van der Waals surface area (Å²) in [6, 6.07) is 3.94. The molecule has 0 radical (unpaired) electrons. The van der Waals surface area contributed by atoms with Crippen molar-refractivity contribution < 1.29 is 18.1 Å². The molecule has 0 saturated carbocycles. The first-order valence-corrected chi connectivity index (χ1v) is 7.89. The zero-order valence-electron chi connectivity index (χ0n) is 10.8. The number of benzene rings is 1. The number of primary sulfonamides is 1. The zero-order chi connectivity index (χ0) is 15.3. The average Bonchev–Trinajstić information content (AvgIpc) is 2.32. The molecular formula is C11H15ClN2O5S. The third-order valence-electron chi connectivity index (χ3n) is 2.64. The maximum atomic E-state index is 11.0. The monoisotopic (exact) mass is 322 g/mol. The van der Waals surface area contributed by atoms with Gasteiger partial charge in [-0.05, 0) is 12.5 Å². The molecular weight excluding hydrogens is 308 g/mol. The fraction of sp³-hybridized carbons (Fsp3) is 0.455. The highest BCUT2D eigenvalue weighted by atomic mass is 35.5. The molecule has 20 heavy (non-hydrogen) atoms. The van der Waals surface area contributed by atoms with Crippen LogP contribution in [0.4, 0.5) is 5.69 Å². The van der Waals surface area contributed by atoms with Crippen LogP contribution in [0.3, 0.4) is 0 Å². The van der Waals surface area contributed by atoms with Crippen molar-refractivity contribution in [2.75, 3.05) is 12.4 Å². The van der Waals surface area contributed by atoms with Crippen LogP contribution in [-0.2, 0) is 10.0 Å². The fourth-order valence-corrected chi connectivity index (χ4v) is 2.73. The summed E-state index contributed by atoms with van der Waals surface area (Å²) < 4.78 is 27.4. The number of sulfonamides is 1. The van der Waals surface area contributed by atoms with E-state index in [1.165, 1.54) is 18.2 Å². The van der Waals surface area contributed by atoms with Crippen LogP contribution in [0.15, 0.2) is 18.2 Å². The number of rotatable bonds is 7. The van der Waals surface area contributed by atoms with Gasteiger partial charge in [0.15, 0.2) is 5.75 Å². The Morgan fingerprint density at radius 2 is 2.15 bits per heavy atom. The Balaban J connectivity index is 2.82. The van der Waals surface area contributed by atoms with Crippen LogP contribution in [0.1, 0.15) is 13.3 Å². The molecule has 1 aromatic rings. The van der Waals surface area contributed by atoms with E-state index in [0.717, 1.165) is 0 Å². The normalized spacial score (nSPS) is 12.9. The number of hydrogen-bond acceptors (Lipinski definition) is 5. The van der Waals surface area contributed by atoms with Crippen LogP contribution in [0.2, 0.25) is 5.02 Å². The van der Waals surface area contributed by atoms with Gasteiger partial charge in [0.1, 0.15) is 0 Å². The van der Waals surface area contributed by atoms with Gasteiger partial charge in [-0.15, -0.1) is 0 Å². The van der Waals surface area contributed by atoms with Crippen LogP contribution < -0.4 is 9.88 Å². The van der Waals surface area contributed by atoms with E-state index in [9.17, 15) is 18.5 Å². The minimum absolute atomic E-state index is 0.00805. The number of hydrogen-bond donors (Lipinski definition) is 1. The molecule has 1 unspecified atom stereocenters. The lowest BCUT2D eigenvalue weighted by molar-refractivity contribution is -0.385. The predicted molar refractivity (Wildman–Crippen MR) is 75.4 cm³/mol. The molecule has 0 aliphatic carbocycles. The molecule has 1 rings (SSSR count). The summed E-state index contributed by atoms with van der Waals surface area (Å²) in [4.78, 5) is 10.3. The minimum Gasteiger partial charge on any atom is -0.486 e. The van der Waals surface area contributed by atoms with Crippen molar-refractivity contribution in [2.24, 2.45) is 11.1 Å². The van der Waals surface area contributed by atoms with E-state index in [1.807, 2.05) is 0 Å². The van der Waals surface area contributed by atoms with Crippen molar-refractivity contribution in [1.82, 2.24) is 0 Å². The summed E-state index contributed by atoms with van der Waals surface area (Å²) in [5.74, 6) is -0.573. The lowest BCUT2D eigenvalue weighted by Crippen LogP contribution is -2.26. The maximum Gasteiger partial charge on any atom is 0.311 e. The molecule has 0 aromatic heterocycles. The lowest BCUT2D eigenvalue weighted by Gasteiger charge is -2.14. The van der Waals surface area contributed by atoms with E-state index in [0.29, 0.717) is 11.4 Å². The van der Waals surface area contributed by atoms with Gasteiger partial charge in [-0.3, -0.25) is 10.1 Å². The molecule has 1 atom stereocenters. The van der Waals surface area contributed by atoms with Gasteiger partial charge in [0, 0.05) is 23.1 Å². The first-order valence-electron chi connectivity index (χ1n) is 5.80. The molecule has 1 aromatic carbocycles. The molecule has 0 aliphatic heterocycles. The summed E-state index contributed by atoms with van der Waals surface area (Å²) in [6.07, 6.45) is 0.519. The van der Waals surface area contributed by atoms with E-state index in [-0.39, 0.29) is 29.7 Å². The molecule has 0 heterocycles. The van der Waals surface area contributed by atoms with Crippen molar-refractivity contribution >= 4 is 27.3 Å². The van der Waals surface area contributed by atoms with Crippen LogP contribution in [0.25, 0.3) is 0 Å². The lowest BCUT2D eigenvalue weighted by atomic mass is 10.1. The van der Waals surface area contributed by atoms with Gasteiger partial charge in [0.05, 0.1) is 17.3 Å². The largest absolute Gasteiger partial charge is 0.486 e. The Morgan fingerprint density at radius 1 is 1.50 bits per heavy atom. The van der Waals surface area contributed by atoms with Gasteiger partial charge in [-0.2, -0.15) is 0 Å². The van der Waals surface area contributed by atoms with Crippen molar-refractivity contribution in [3.05, 3.63) is 33.3 Å². The maximum absolute atomic E-state index is 11.0. The van der Waals surface area contributed by atoms with Crippen LogP contribution in [-0.4, -0.2) is 25.7 Å². The van der Waals surface area contributed by atoms with Gasteiger partial charge in [-0.25, -0.2) is 13.6 Å². The second-order valence-corrected chi connectivity index (χ2v) is 6.38. The zero-order valence-corrected chi connectivity index (χ0v) is 12.4. The average molecular weight is 323 g/mol. The van der Waals surface area contributed by atoms with Crippen LogP contribution in [0.5, 0.6) is 5.75 Å². The second-order valence-electron chi connectivity index (χ2n) is 4.28. The van der Waals surface area contributed by atoms with Gasteiger partial charge in [0.25, 0.3) is 0 Å². The van der Waals surface area contributed by atoms with Crippen molar-refractivity contribution in [2.45, 2.75) is 13.3 Å². The van der Waals surface area contributed by atoms with E-state index in [1.54, 1.807) is 6.92 Å². The van der Waals surface area contributed by atoms with E-state index in [2.05, 4.69) is 0 Å². The van der Waals surface area contributed by atoms with Crippen LogP contribution >= 0.6 is 11.6 Å². The Morgan fingerprint density at radius 3 is 2.65 bits per heavy atom. The van der Waals surface area contributed by atoms with Crippen molar-refractivity contribution in [1.29, 1.82) is 0 Å². The molecule has 7 nitrogen and oxygen atoms in total. The number of nitrogens with two attached hydrogens (primary N) is 1.